The lowest BCUT2D eigenvalue weighted by atomic mass is 10.2. The van der Waals surface area contributed by atoms with Gasteiger partial charge in [0.25, 0.3) is 5.91 Å². The van der Waals surface area contributed by atoms with Crippen molar-refractivity contribution < 1.29 is 19.1 Å². The van der Waals surface area contributed by atoms with Gasteiger partial charge in [-0.15, -0.1) is 0 Å². The van der Waals surface area contributed by atoms with Crippen LogP contribution < -0.4 is 14.8 Å². The number of hydrogen-bond donors (Lipinski definition) is 1. The number of aldehydes is 1. The summed E-state index contributed by atoms with van der Waals surface area (Å²) in [4.78, 5) is 22.9. The molecule has 5 nitrogen and oxygen atoms in total. The van der Waals surface area contributed by atoms with Crippen molar-refractivity contribution in [3.05, 3.63) is 23.8 Å². The molecule has 1 unspecified atom stereocenters. The third kappa shape index (κ3) is 5.45. The lowest BCUT2D eigenvalue weighted by Gasteiger charge is -2.16. The van der Waals surface area contributed by atoms with Gasteiger partial charge in [-0.3, -0.25) is 9.59 Å². The van der Waals surface area contributed by atoms with E-state index in [9.17, 15) is 9.59 Å². The van der Waals surface area contributed by atoms with E-state index in [1.807, 2.05) is 0 Å². The Balaban J connectivity index is 2.62. The Bertz CT molecular complexity index is 473. The fourth-order valence-electron chi connectivity index (χ4n) is 1.82. The predicted molar refractivity (Wildman–Crippen MR) is 81.0 cm³/mol. The van der Waals surface area contributed by atoms with Gasteiger partial charge in [0.15, 0.2) is 12.4 Å². The van der Waals surface area contributed by atoms with Crippen LogP contribution in [0.1, 0.15) is 43.5 Å². The van der Waals surface area contributed by atoms with E-state index in [4.69, 9.17) is 9.47 Å². The first-order valence-electron chi connectivity index (χ1n) is 7.20. The molecular formula is C16H23NO4. The molecule has 0 radical (unpaired) electrons. The fraction of sp³-hybridized carbons (Fsp3) is 0.500. The molecule has 116 valence electrons. The quantitative estimate of drug-likeness (QED) is 0.561. The monoisotopic (exact) mass is 293 g/mol. The van der Waals surface area contributed by atoms with Crippen molar-refractivity contribution in [3.8, 4) is 11.5 Å². The number of ether oxygens (including phenoxy) is 2. The van der Waals surface area contributed by atoms with Crippen LogP contribution in [-0.2, 0) is 4.79 Å². The Kier molecular flexibility index (Phi) is 7.29. The third-order valence-corrected chi connectivity index (χ3v) is 3.10. The van der Waals surface area contributed by atoms with Crippen LogP contribution >= 0.6 is 0 Å². The van der Waals surface area contributed by atoms with Gasteiger partial charge < -0.3 is 14.8 Å². The maximum Gasteiger partial charge on any atom is 0.260 e. The molecule has 1 rings (SSSR count). The maximum atomic E-state index is 11.9. The number of rotatable bonds is 9. The second kappa shape index (κ2) is 9.00. The Morgan fingerprint density at radius 3 is 2.76 bits per heavy atom. The Morgan fingerprint density at radius 2 is 2.14 bits per heavy atom. The highest BCUT2D eigenvalue weighted by Gasteiger charge is 2.16. The molecule has 0 aliphatic carbocycles. The van der Waals surface area contributed by atoms with E-state index in [1.54, 1.807) is 25.1 Å². The van der Waals surface area contributed by atoms with Gasteiger partial charge in [0.05, 0.1) is 12.7 Å². The molecule has 1 atom stereocenters. The van der Waals surface area contributed by atoms with E-state index >= 15 is 0 Å². The highest BCUT2D eigenvalue weighted by atomic mass is 16.5. The summed E-state index contributed by atoms with van der Waals surface area (Å²) in [6.07, 6.45) is 3.17. The number of hydrogen-bond acceptors (Lipinski definition) is 4. The standard InChI is InChI=1S/C16H23NO4/c1-4-5-6-9-17-16(19)12(2)21-15-10-14(20-3)8-7-13(15)11-18/h7-8,10-12H,4-6,9H2,1-3H3,(H,17,19). The zero-order valence-corrected chi connectivity index (χ0v) is 12.8. The van der Waals surface area contributed by atoms with Crippen molar-refractivity contribution in [1.82, 2.24) is 5.32 Å². The summed E-state index contributed by atoms with van der Waals surface area (Å²) in [5, 5.41) is 2.82. The van der Waals surface area contributed by atoms with E-state index in [0.717, 1.165) is 19.3 Å². The summed E-state index contributed by atoms with van der Waals surface area (Å²) in [7, 11) is 1.53. The first kappa shape index (κ1) is 17.0. The summed E-state index contributed by atoms with van der Waals surface area (Å²) >= 11 is 0. The van der Waals surface area contributed by atoms with Gasteiger partial charge >= 0.3 is 0 Å². The van der Waals surface area contributed by atoms with Gasteiger partial charge in [-0.1, -0.05) is 19.8 Å². The summed E-state index contributed by atoms with van der Waals surface area (Å²) in [5.41, 5.74) is 0.390. The molecule has 1 aromatic rings. The highest BCUT2D eigenvalue weighted by Crippen LogP contribution is 2.24. The molecule has 0 aliphatic rings. The van der Waals surface area contributed by atoms with Gasteiger partial charge in [0.2, 0.25) is 0 Å². The van der Waals surface area contributed by atoms with Gasteiger partial charge in [-0.25, -0.2) is 0 Å². The molecule has 0 heterocycles. The van der Waals surface area contributed by atoms with Gasteiger partial charge in [-0.2, -0.15) is 0 Å². The maximum absolute atomic E-state index is 11.9. The lowest BCUT2D eigenvalue weighted by Crippen LogP contribution is -2.37. The van der Waals surface area contributed by atoms with Crippen LogP contribution in [0.3, 0.4) is 0 Å². The summed E-state index contributed by atoms with van der Waals surface area (Å²) < 4.78 is 10.7. The number of carbonyl (C=O) groups excluding carboxylic acids is 2. The van der Waals surface area contributed by atoms with Crippen LogP contribution in [0.25, 0.3) is 0 Å². The zero-order chi connectivity index (χ0) is 15.7. The molecular weight excluding hydrogens is 270 g/mol. The van der Waals surface area contributed by atoms with Crippen molar-refractivity contribution in [2.75, 3.05) is 13.7 Å². The number of unbranched alkanes of at least 4 members (excludes halogenated alkanes) is 2. The minimum absolute atomic E-state index is 0.189. The first-order chi connectivity index (χ1) is 10.1. The van der Waals surface area contributed by atoms with Crippen LogP contribution in [0.2, 0.25) is 0 Å². The van der Waals surface area contributed by atoms with Crippen LogP contribution in [-0.4, -0.2) is 32.0 Å². The molecule has 0 saturated carbocycles. The normalized spacial score (nSPS) is 11.6. The molecule has 0 aromatic heterocycles. The zero-order valence-electron chi connectivity index (χ0n) is 12.8. The Labute approximate surface area is 125 Å². The lowest BCUT2D eigenvalue weighted by molar-refractivity contribution is -0.127. The van der Waals surface area contributed by atoms with Crippen LogP contribution in [0.15, 0.2) is 18.2 Å². The average Bonchev–Trinajstić information content (AvgIpc) is 2.51. The summed E-state index contributed by atoms with van der Waals surface area (Å²) in [6.45, 7) is 4.40. The minimum Gasteiger partial charge on any atom is -0.497 e. The van der Waals surface area contributed by atoms with Crippen molar-refractivity contribution in [2.45, 2.75) is 39.2 Å². The van der Waals surface area contributed by atoms with Crippen LogP contribution in [0.4, 0.5) is 0 Å². The van der Waals surface area contributed by atoms with Crippen molar-refractivity contribution >= 4 is 12.2 Å². The van der Waals surface area contributed by atoms with E-state index in [1.165, 1.54) is 7.11 Å². The molecule has 0 saturated heterocycles. The molecule has 0 bridgehead atoms. The van der Waals surface area contributed by atoms with Gasteiger partial charge in [0.1, 0.15) is 11.5 Å². The highest BCUT2D eigenvalue weighted by molar-refractivity contribution is 5.82. The number of nitrogens with one attached hydrogen (secondary N) is 1. The molecule has 5 heteroatoms. The molecule has 0 fully saturated rings. The smallest absolute Gasteiger partial charge is 0.260 e. The minimum atomic E-state index is -0.669. The van der Waals surface area contributed by atoms with E-state index in [0.29, 0.717) is 29.9 Å². The average molecular weight is 293 g/mol. The predicted octanol–water partition coefficient (Wildman–Crippen LogP) is 2.58. The Morgan fingerprint density at radius 1 is 1.38 bits per heavy atom. The van der Waals surface area contributed by atoms with E-state index in [2.05, 4.69) is 12.2 Å². The van der Waals surface area contributed by atoms with Gasteiger partial charge in [0, 0.05) is 12.6 Å². The molecule has 21 heavy (non-hydrogen) atoms. The van der Waals surface area contributed by atoms with Crippen LogP contribution in [0, 0.1) is 0 Å². The van der Waals surface area contributed by atoms with Crippen molar-refractivity contribution in [2.24, 2.45) is 0 Å². The molecule has 1 aromatic carbocycles. The molecule has 1 N–H and O–H groups in total. The second-order valence-corrected chi connectivity index (χ2v) is 4.78. The van der Waals surface area contributed by atoms with Crippen molar-refractivity contribution in [1.29, 1.82) is 0 Å². The largest absolute Gasteiger partial charge is 0.497 e. The fourth-order valence-corrected chi connectivity index (χ4v) is 1.82. The number of amides is 1. The second-order valence-electron chi connectivity index (χ2n) is 4.78. The SMILES string of the molecule is CCCCCNC(=O)C(C)Oc1cc(OC)ccc1C=O. The summed E-state index contributed by atoms with van der Waals surface area (Å²) in [5.74, 6) is 0.734. The first-order valence-corrected chi connectivity index (χ1v) is 7.20. The summed E-state index contributed by atoms with van der Waals surface area (Å²) in [6, 6.07) is 4.88. The topological polar surface area (TPSA) is 64.6 Å². The van der Waals surface area contributed by atoms with Crippen LogP contribution in [0.5, 0.6) is 11.5 Å². The third-order valence-electron chi connectivity index (χ3n) is 3.10. The van der Waals surface area contributed by atoms with Crippen molar-refractivity contribution in [3.63, 3.8) is 0 Å². The van der Waals surface area contributed by atoms with Gasteiger partial charge in [-0.05, 0) is 25.5 Å². The molecule has 1 amide bonds. The number of carbonyl (C=O) groups is 2. The van der Waals surface area contributed by atoms with E-state index < -0.39 is 6.10 Å². The Hall–Kier alpha value is -2.04. The molecule has 0 spiro atoms. The van der Waals surface area contributed by atoms with E-state index in [-0.39, 0.29) is 5.91 Å². The number of benzene rings is 1. The molecule has 0 aliphatic heterocycles. The number of methoxy groups -OCH3 is 1.